The minimum absolute atomic E-state index is 0.116. The van der Waals surface area contributed by atoms with Crippen molar-refractivity contribution < 1.29 is 4.39 Å². The highest BCUT2D eigenvalue weighted by molar-refractivity contribution is 5.83. The van der Waals surface area contributed by atoms with E-state index in [1.807, 2.05) is 12.1 Å². The highest BCUT2D eigenvalue weighted by Crippen LogP contribution is 2.63. The Morgan fingerprint density at radius 2 is 1.36 bits per heavy atom. The van der Waals surface area contributed by atoms with Crippen LogP contribution in [-0.2, 0) is 5.41 Å². The first-order valence-electron chi connectivity index (χ1n) is 10.0. The molecule has 0 aromatic heterocycles. The second-order valence-corrected chi connectivity index (χ2v) is 7.93. The van der Waals surface area contributed by atoms with E-state index in [9.17, 15) is 4.39 Å². The summed E-state index contributed by atoms with van der Waals surface area (Å²) in [5.41, 5.74) is 6.81. The first kappa shape index (κ1) is 17.2. The summed E-state index contributed by atoms with van der Waals surface area (Å²) in [6.07, 6.45) is 7.79. The SMILES string of the molecule is Fc1ccc([C@@]23CC=CCC(=C(c4ccccc4)c4ccccc4)[C@H]2C3)cc1. The van der Waals surface area contributed by atoms with E-state index < -0.39 is 0 Å². The Hall–Kier alpha value is -2.93. The fraction of sp³-hybridized carbons (Fsp3) is 0.185. The zero-order valence-electron chi connectivity index (χ0n) is 15.8. The van der Waals surface area contributed by atoms with Gasteiger partial charge in [0.15, 0.2) is 0 Å². The highest BCUT2D eigenvalue weighted by atomic mass is 19.1. The molecule has 1 fully saturated rings. The van der Waals surface area contributed by atoms with Crippen molar-refractivity contribution in [2.45, 2.75) is 24.7 Å². The monoisotopic (exact) mass is 366 g/mol. The molecule has 3 aromatic carbocycles. The average molecular weight is 366 g/mol. The molecule has 1 saturated carbocycles. The van der Waals surface area contributed by atoms with Gasteiger partial charge in [-0.2, -0.15) is 0 Å². The lowest BCUT2D eigenvalue weighted by atomic mass is 9.84. The van der Waals surface area contributed by atoms with Gasteiger partial charge in [0.25, 0.3) is 0 Å². The van der Waals surface area contributed by atoms with Crippen LogP contribution in [0.5, 0.6) is 0 Å². The summed E-state index contributed by atoms with van der Waals surface area (Å²) in [5, 5.41) is 0. The molecule has 3 aromatic rings. The van der Waals surface area contributed by atoms with Crippen LogP contribution >= 0.6 is 0 Å². The topological polar surface area (TPSA) is 0 Å². The quantitative estimate of drug-likeness (QED) is 0.441. The third kappa shape index (κ3) is 2.92. The van der Waals surface area contributed by atoms with Gasteiger partial charge in [-0.1, -0.05) is 90.5 Å². The molecule has 1 heteroatoms. The summed E-state index contributed by atoms with van der Waals surface area (Å²) in [6, 6.07) is 28.6. The van der Waals surface area contributed by atoms with Crippen molar-refractivity contribution in [1.29, 1.82) is 0 Å². The first-order chi connectivity index (χ1) is 13.8. The van der Waals surface area contributed by atoms with Crippen LogP contribution in [0.1, 0.15) is 36.0 Å². The van der Waals surface area contributed by atoms with Crippen LogP contribution in [0, 0.1) is 11.7 Å². The van der Waals surface area contributed by atoms with Crippen molar-refractivity contribution >= 4 is 5.57 Å². The molecule has 2 atom stereocenters. The van der Waals surface area contributed by atoms with E-state index in [0.29, 0.717) is 5.92 Å². The predicted molar refractivity (Wildman–Crippen MR) is 113 cm³/mol. The van der Waals surface area contributed by atoms with Crippen molar-refractivity contribution in [2.24, 2.45) is 5.92 Å². The van der Waals surface area contributed by atoms with E-state index in [0.717, 1.165) is 19.3 Å². The maximum atomic E-state index is 13.5. The molecule has 0 amide bonds. The normalized spacial score (nSPS) is 23.0. The van der Waals surface area contributed by atoms with Crippen LogP contribution < -0.4 is 0 Å². The smallest absolute Gasteiger partial charge is 0.123 e. The van der Waals surface area contributed by atoms with E-state index in [4.69, 9.17) is 0 Å². The van der Waals surface area contributed by atoms with E-state index in [-0.39, 0.29) is 11.2 Å². The molecule has 0 unspecified atom stereocenters. The second kappa shape index (κ2) is 6.91. The predicted octanol–water partition coefficient (Wildman–Crippen LogP) is 6.94. The molecule has 0 aliphatic heterocycles. The minimum atomic E-state index is -0.161. The van der Waals surface area contributed by atoms with Crippen LogP contribution in [0.25, 0.3) is 5.57 Å². The van der Waals surface area contributed by atoms with Crippen LogP contribution in [0.4, 0.5) is 4.39 Å². The van der Waals surface area contributed by atoms with E-state index in [1.165, 1.54) is 27.8 Å². The Bertz CT molecular complexity index is 987. The fourth-order valence-electron chi connectivity index (χ4n) is 4.88. The van der Waals surface area contributed by atoms with Gasteiger partial charge in [0.05, 0.1) is 0 Å². The largest absolute Gasteiger partial charge is 0.207 e. The van der Waals surface area contributed by atoms with Gasteiger partial charge in [0, 0.05) is 5.41 Å². The molecule has 28 heavy (non-hydrogen) atoms. The van der Waals surface area contributed by atoms with Crippen LogP contribution in [0.15, 0.2) is 103 Å². The molecule has 0 N–H and O–H groups in total. The average Bonchev–Trinajstić information content (AvgIpc) is 3.49. The summed E-state index contributed by atoms with van der Waals surface area (Å²) >= 11 is 0. The molecule has 2 aliphatic carbocycles. The van der Waals surface area contributed by atoms with Gasteiger partial charge in [0.1, 0.15) is 5.82 Å². The number of fused-ring (bicyclic) bond motifs is 1. The maximum Gasteiger partial charge on any atom is 0.123 e. The summed E-state index contributed by atoms with van der Waals surface area (Å²) in [7, 11) is 0. The lowest BCUT2D eigenvalue weighted by molar-refractivity contribution is 0.618. The van der Waals surface area contributed by atoms with Gasteiger partial charge < -0.3 is 0 Å². The Morgan fingerprint density at radius 3 is 1.96 bits per heavy atom. The van der Waals surface area contributed by atoms with Gasteiger partial charge in [-0.25, -0.2) is 4.39 Å². The lowest BCUT2D eigenvalue weighted by Crippen LogP contribution is -2.10. The minimum Gasteiger partial charge on any atom is -0.207 e. The Labute approximate surface area is 166 Å². The molecule has 0 saturated heterocycles. The van der Waals surface area contributed by atoms with Gasteiger partial charge >= 0.3 is 0 Å². The third-order valence-electron chi connectivity index (χ3n) is 6.35. The summed E-state index contributed by atoms with van der Waals surface area (Å²) in [5.74, 6) is 0.343. The zero-order chi connectivity index (χ0) is 19.0. The molecule has 0 heterocycles. The Kier molecular flexibility index (Phi) is 4.24. The highest BCUT2D eigenvalue weighted by Gasteiger charge is 2.56. The van der Waals surface area contributed by atoms with E-state index in [1.54, 1.807) is 12.1 Å². The molecular formula is C27H23F. The molecule has 0 nitrogen and oxygen atoms in total. The maximum absolute atomic E-state index is 13.5. The zero-order valence-corrected chi connectivity index (χ0v) is 15.8. The van der Waals surface area contributed by atoms with Gasteiger partial charge in [0.2, 0.25) is 0 Å². The third-order valence-corrected chi connectivity index (χ3v) is 6.35. The number of hydrogen-bond acceptors (Lipinski definition) is 0. The van der Waals surface area contributed by atoms with Crippen LogP contribution in [0.3, 0.4) is 0 Å². The van der Waals surface area contributed by atoms with E-state index in [2.05, 4.69) is 72.8 Å². The van der Waals surface area contributed by atoms with Crippen molar-refractivity contribution in [3.05, 3.63) is 125 Å². The Morgan fingerprint density at radius 1 is 0.750 bits per heavy atom. The lowest BCUT2D eigenvalue weighted by Gasteiger charge is -2.19. The van der Waals surface area contributed by atoms with Gasteiger partial charge in [-0.3, -0.25) is 0 Å². The molecule has 138 valence electrons. The Balaban J connectivity index is 1.67. The molecule has 0 radical (unpaired) electrons. The van der Waals surface area contributed by atoms with Gasteiger partial charge in [-0.15, -0.1) is 0 Å². The van der Waals surface area contributed by atoms with Crippen LogP contribution in [0.2, 0.25) is 0 Å². The van der Waals surface area contributed by atoms with Crippen molar-refractivity contribution in [3.8, 4) is 0 Å². The summed E-state index contributed by atoms with van der Waals surface area (Å²) in [4.78, 5) is 0. The number of hydrogen-bond donors (Lipinski definition) is 0. The fourth-order valence-corrected chi connectivity index (χ4v) is 4.88. The molecule has 2 aliphatic rings. The van der Waals surface area contributed by atoms with Crippen molar-refractivity contribution in [3.63, 3.8) is 0 Å². The first-order valence-corrected chi connectivity index (χ1v) is 10.0. The molecule has 5 rings (SSSR count). The second-order valence-electron chi connectivity index (χ2n) is 7.93. The summed E-state index contributed by atoms with van der Waals surface area (Å²) in [6.45, 7) is 0. The number of allylic oxidation sites excluding steroid dienone is 3. The van der Waals surface area contributed by atoms with E-state index >= 15 is 0 Å². The van der Waals surface area contributed by atoms with Crippen molar-refractivity contribution in [1.82, 2.24) is 0 Å². The number of rotatable bonds is 3. The van der Waals surface area contributed by atoms with Gasteiger partial charge in [-0.05, 0) is 59.6 Å². The van der Waals surface area contributed by atoms with Crippen LogP contribution in [-0.4, -0.2) is 0 Å². The standard InChI is InChI=1S/C27H23F/c28-23-16-14-22(15-17-23)27-18-8-7-13-24(25(27)19-27)26(20-9-3-1-4-10-20)21-11-5-2-6-12-21/h1-12,14-17,25H,13,18-19H2/t25-,27+/m1/s1. The molecular weight excluding hydrogens is 343 g/mol. The molecule has 0 spiro atoms. The summed E-state index contributed by atoms with van der Waals surface area (Å²) < 4.78 is 13.5. The number of benzene rings is 3. The molecule has 0 bridgehead atoms. The number of halogens is 1. The van der Waals surface area contributed by atoms with Crippen molar-refractivity contribution in [2.75, 3.05) is 0 Å².